The Balaban J connectivity index is 1.33. The Kier molecular flexibility index (Phi) is 4.62. The number of aromatic nitrogens is 3. The molecular formula is C26H24N6O2. The molecule has 0 spiro atoms. The summed E-state index contributed by atoms with van der Waals surface area (Å²) in [6.45, 7) is 1.98. The zero-order chi connectivity index (χ0) is 23.4. The molecule has 0 saturated heterocycles. The highest BCUT2D eigenvalue weighted by Gasteiger charge is 2.30. The van der Waals surface area contributed by atoms with Crippen LogP contribution < -0.4 is 10.7 Å². The fraction of sp³-hybridized carbons (Fsp3) is 0.231. The largest absolute Gasteiger partial charge is 0.353 e. The first-order valence-electron chi connectivity index (χ1n) is 11.4. The van der Waals surface area contributed by atoms with Gasteiger partial charge in [-0.15, -0.1) is 0 Å². The summed E-state index contributed by atoms with van der Waals surface area (Å²) in [5.41, 5.74) is 9.30. The molecule has 2 aromatic carbocycles. The number of nitrogens with one attached hydrogen (secondary N) is 3. The fourth-order valence-electron chi connectivity index (χ4n) is 5.11. The minimum absolute atomic E-state index is 0.0497. The number of fused-ring (bicyclic) bond motifs is 1. The predicted molar refractivity (Wildman–Crippen MR) is 131 cm³/mol. The summed E-state index contributed by atoms with van der Waals surface area (Å²) in [6.07, 6.45) is 7.07. The molecule has 1 aliphatic heterocycles. The number of rotatable bonds is 4. The molecular weight excluding hydrogens is 428 g/mol. The van der Waals surface area contributed by atoms with E-state index in [0.29, 0.717) is 11.3 Å². The van der Waals surface area contributed by atoms with Crippen LogP contribution in [0.2, 0.25) is 0 Å². The minimum Gasteiger partial charge on any atom is -0.353 e. The minimum atomic E-state index is -0.318. The molecule has 4 aromatic rings. The Morgan fingerprint density at radius 2 is 1.97 bits per heavy atom. The molecule has 0 bridgehead atoms. The standard InChI is InChI=1S/C26H24N6O2/c1-14(17-7-15-5-3-4-6-16(15)8-17)25(33)29-18-9-19-23-20(11-28-31-26(19)34)24(30-21(23)10-18)22-12-32(2)13-27-22/h3-6,9-14,17,30H,7-8H2,1-2H3,(H,29,33)(H,31,34)/t14-/m1/s1. The zero-order valence-corrected chi connectivity index (χ0v) is 18.9. The highest BCUT2D eigenvalue weighted by atomic mass is 16.2. The molecule has 3 heterocycles. The number of carbonyl (C=O) groups excluding carboxylic acids is 2. The summed E-state index contributed by atoms with van der Waals surface area (Å²) < 4.78 is 1.86. The van der Waals surface area contributed by atoms with Crippen LogP contribution in [0.3, 0.4) is 0 Å². The Labute approximate surface area is 196 Å². The van der Waals surface area contributed by atoms with Gasteiger partial charge in [-0.1, -0.05) is 31.2 Å². The van der Waals surface area contributed by atoms with Gasteiger partial charge in [-0.3, -0.25) is 9.59 Å². The first-order valence-corrected chi connectivity index (χ1v) is 11.4. The molecule has 34 heavy (non-hydrogen) atoms. The van der Waals surface area contributed by atoms with Crippen LogP contribution in [0.15, 0.2) is 54.0 Å². The summed E-state index contributed by atoms with van der Waals surface area (Å²) >= 11 is 0. The van der Waals surface area contributed by atoms with Crippen molar-refractivity contribution in [3.05, 3.63) is 71.2 Å². The molecule has 2 aromatic heterocycles. The Hall–Kier alpha value is -4.20. The molecule has 2 amide bonds. The highest BCUT2D eigenvalue weighted by Crippen LogP contribution is 2.35. The van der Waals surface area contributed by atoms with Crippen molar-refractivity contribution in [3.63, 3.8) is 0 Å². The van der Waals surface area contributed by atoms with E-state index in [9.17, 15) is 9.59 Å². The maximum absolute atomic E-state index is 13.2. The highest BCUT2D eigenvalue weighted by molar-refractivity contribution is 6.18. The van der Waals surface area contributed by atoms with Gasteiger partial charge in [0.15, 0.2) is 0 Å². The molecule has 8 nitrogen and oxygen atoms in total. The van der Waals surface area contributed by atoms with Crippen molar-refractivity contribution < 1.29 is 9.59 Å². The number of nitrogens with zero attached hydrogens (tertiary/aromatic N) is 3. The molecule has 8 heteroatoms. The van der Waals surface area contributed by atoms with E-state index in [-0.39, 0.29) is 23.7 Å². The van der Waals surface area contributed by atoms with E-state index in [2.05, 4.69) is 37.9 Å². The first kappa shape index (κ1) is 20.4. The molecule has 0 fully saturated rings. The van der Waals surface area contributed by atoms with Crippen molar-refractivity contribution in [1.29, 1.82) is 0 Å². The summed E-state index contributed by atoms with van der Waals surface area (Å²) in [5, 5.41) is 7.89. The lowest BCUT2D eigenvalue weighted by atomic mass is 9.90. The monoisotopic (exact) mass is 452 g/mol. The third kappa shape index (κ3) is 3.30. The summed E-state index contributed by atoms with van der Waals surface area (Å²) in [4.78, 5) is 33.8. The number of aryl methyl sites for hydroxylation is 1. The molecule has 0 saturated carbocycles. The second-order valence-electron chi connectivity index (χ2n) is 9.20. The van der Waals surface area contributed by atoms with E-state index in [4.69, 9.17) is 0 Å². The molecule has 170 valence electrons. The van der Waals surface area contributed by atoms with Gasteiger partial charge in [0, 0.05) is 41.3 Å². The average molecular weight is 453 g/mol. The van der Waals surface area contributed by atoms with Crippen LogP contribution in [-0.4, -0.2) is 32.6 Å². The Morgan fingerprint density at radius 3 is 2.68 bits per heavy atom. The van der Waals surface area contributed by atoms with Crippen LogP contribution in [0.4, 0.5) is 5.69 Å². The van der Waals surface area contributed by atoms with Crippen molar-refractivity contribution in [2.45, 2.75) is 19.8 Å². The summed E-state index contributed by atoms with van der Waals surface area (Å²) in [5.74, 6) is -0.275. The van der Waals surface area contributed by atoms with Gasteiger partial charge in [-0.2, -0.15) is 5.10 Å². The second kappa shape index (κ2) is 7.69. The first-order chi connectivity index (χ1) is 16.5. The zero-order valence-electron chi connectivity index (χ0n) is 18.9. The summed E-state index contributed by atoms with van der Waals surface area (Å²) in [6, 6.07) is 12.0. The van der Waals surface area contributed by atoms with Crippen molar-refractivity contribution in [3.8, 4) is 11.4 Å². The lowest BCUT2D eigenvalue weighted by Gasteiger charge is -2.19. The number of hydrazone groups is 1. The molecule has 1 atom stereocenters. The number of aromatic amines is 1. The quantitative estimate of drug-likeness (QED) is 0.440. The Morgan fingerprint density at radius 1 is 1.21 bits per heavy atom. The van der Waals surface area contributed by atoms with Gasteiger partial charge in [-0.25, -0.2) is 10.4 Å². The van der Waals surface area contributed by atoms with E-state index in [0.717, 1.165) is 40.7 Å². The van der Waals surface area contributed by atoms with Crippen molar-refractivity contribution in [2.75, 3.05) is 5.32 Å². The molecule has 0 unspecified atom stereocenters. The number of H-pyrrole nitrogens is 1. The lowest BCUT2D eigenvalue weighted by Crippen LogP contribution is -2.27. The van der Waals surface area contributed by atoms with Gasteiger partial charge in [0.05, 0.1) is 23.8 Å². The van der Waals surface area contributed by atoms with Crippen LogP contribution in [0.1, 0.15) is 34.0 Å². The van der Waals surface area contributed by atoms with Gasteiger partial charge in [0.2, 0.25) is 5.91 Å². The normalized spacial score (nSPS) is 15.8. The number of amides is 2. The van der Waals surface area contributed by atoms with Gasteiger partial charge < -0.3 is 14.9 Å². The van der Waals surface area contributed by atoms with E-state index < -0.39 is 0 Å². The summed E-state index contributed by atoms with van der Waals surface area (Å²) in [7, 11) is 1.90. The lowest BCUT2D eigenvalue weighted by molar-refractivity contribution is -0.120. The van der Waals surface area contributed by atoms with Crippen LogP contribution in [-0.2, 0) is 24.7 Å². The number of benzene rings is 2. The van der Waals surface area contributed by atoms with Crippen LogP contribution >= 0.6 is 0 Å². The van der Waals surface area contributed by atoms with Crippen LogP contribution in [0, 0.1) is 11.8 Å². The van der Waals surface area contributed by atoms with E-state index in [1.54, 1.807) is 18.6 Å². The van der Waals surface area contributed by atoms with Gasteiger partial charge >= 0.3 is 0 Å². The molecule has 3 N–H and O–H groups in total. The Bertz CT molecular complexity index is 1470. The third-order valence-electron chi connectivity index (χ3n) is 6.97. The average Bonchev–Trinajstić information content (AvgIpc) is 3.51. The SMILES string of the molecule is C[C@@H](C(=O)Nc1cc2c3c(c(-c4cn(C)cn4)[nH]c3c1)C=NNC2=O)C1Cc2ccccc2C1. The van der Waals surface area contributed by atoms with Gasteiger partial charge in [0.25, 0.3) is 5.91 Å². The predicted octanol–water partition coefficient (Wildman–Crippen LogP) is 3.64. The fourth-order valence-corrected chi connectivity index (χ4v) is 5.11. The third-order valence-corrected chi connectivity index (χ3v) is 6.97. The van der Waals surface area contributed by atoms with Gasteiger partial charge in [-0.05, 0) is 42.0 Å². The maximum atomic E-state index is 13.2. The number of hydrogen-bond donors (Lipinski definition) is 3. The van der Waals surface area contributed by atoms with Gasteiger partial charge in [0.1, 0.15) is 5.69 Å². The number of hydrogen-bond acceptors (Lipinski definition) is 4. The smallest absolute Gasteiger partial charge is 0.272 e. The molecule has 6 rings (SSSR count). The second-order valence-corrected chi connectivity index (χ2v) is 9.20. The van der Waals surface area contributed by atoms with E-state index in [1.807, 2.05) is 42.9 Å². The van der Waals surface area contributed by atoms with Crippen molar-refractivity contribution >= 4 is 34.6 Å². The van der Waals surface area contributed by atoms with Crippen molar-refractivity contribution in [2.24, 2.45) is 24.0 Å². The van der Waals surface area contributed by atoms with Crippen LogP contribution in [0.5, 0.6) is 0 Å². The number of carbonyl (C=O) groups is 2. The van der Waals surface area contributed by atoms with E-state index in [1.165, 1.54) is 11.1 Å². The molecule has 2 aliphatic rings. The van der Waals surface area contributed by atoms with Crippen LogP contribution in [0.25, 0.3) is 22.3 Å². The van der Waals surface area contributed by atoms with E-state index >= 15 is 0 Å². The number of imidazole rings is 1. The maximum Gasteiger partial charge on any atom is 0.272 e. The topological polar surface area (TPSA) is 104 Å². The molecule has 1 aliphatic carbocycles. The molecule has 0 radical (unpaired) electrons. The van der Waals surface area contributed by atoms with Crippen molar-refractivity contribution in [1.82, 2.24) is 20.0 Å². The number of anilines is 1.